The highest BCUT2D eigenvalue weighted by Gasteiger charge is 2.23. The van der Waals surface area contributed by atoms with Gasteiger partial charge in [-0.1, -0.05) is 40.9 Å². The summed E-state index contributed by atoms with van der Waals surface area (Å²) in [4.78, 5) is 13.2. The molecule has 0 saturated carbocycles. The highest BCUT2D eigenvalue weighted by molar-refractivity contribution is 6.48. The predicted octanol–water partition coefficient (Wildman–Crippen LogP) is 4.31. The van der Waals surface area contributed by atoms with Crippen LogP contribution in [0.5, 0.6) is 0 Å². The maximum atomic E-state index is 11.3. The number of nitrogens with one attached hydrogen (secondary N) is 1. The van der Waals surface area contributed by atoms with Crippen LogP contribution >= 0.6 is 34.8 Å². The fourth-order valence-corrected chi connectivity index (χ4v) is 3.39. The Balaban J connectivity index is 1.98. The summed E-state index contributed by atoms with van der Waals surface area (Å²) < 4.78 is 0. The maximum Gasteiger partial charge on any atom is 0.219 e. The van der Waals surface area contributed by atoms with Crippen LogP contribution in [0, 0.1) is 0 Å². The summed E-state index contributed by atoms with van der Waals surface area (Å²) in [6, 6.07) is 4.13. The molecular weight excluding hydrogens is 331 g/mol. The van der Waals surface area contributed by atoms with Crippen molar-refractivity contribution in [2.24, 2.45) is 0 Å². The Labute approximate surface area is 140 Å². The van der Waals surface area contributed by atoms with Crippen LogP contribution in [0.3, 0.4) is 0 Å². The van der Waals surface area contributed by atoms with E-state index in [9.17, 15) is 4.79 Å². The van der Waals surface area contributed by atoms with Crippen molar-refractivity contribution < 1.29 is 4.79 Å². The molecule has 1 aliphatic heterocycles. The zero-order chi connectivity index (χ0) is 15.6. The third-order valence-corrected chi connectivity index (χ3v) is 5.27. The lowest BCUT2D eigenvalue weighted by Gasteiger charge is -2.33. The molecule has 0 aliphatic carbocycles. The fourth-order valence-electron chi connectivity index (χ4n) is 2.68. The molecule has 0 radical (unpaired) electrons. The third kappa shape index (κ3) is 4.04. The van der Waals surface area contributed by atoms with E-state index in [1.165, 1.54) is 0 Å². The van der Waals surface area contributed by atoms with Crippen molar-refractivity contribution in [2.75, 3.05) is 13.1 Å². The highest BCUT2D eigenvalue weighted by atomic mass is 35.5. The molecule has 0 bridgehead atoms. The van der Waals surface area contributed by atoms with Gasteiger partial charge in [0.25, 0.3) is 0 Å². The van der Waals surface area contributed by atoms with Gasteiger partial charge in [0.2, 0.25) is 5.91 Å². The number of carbonyl (C=O) groups excluding carboxylic acids is 1. The first-order valence-corrected chi connectivity index (χ1v) is 8.18. The molecule has 116 valence electrons. The quantitative estimate of drug-likeness (QED) is 0.825. The molecule has 1 aromatic rings. The van der Waals surface area contributed by atoms with Crippen molar-refractivity contribution in [3.63, 3.8) is 0 Å². The molecule has 1 aromatic carbocycles. The van der Waals surface area contributed by atoms with E-state index >= 15 is 0 Å². The van der Waals surface area contributed by atoms with Gasteiger partial charge in [-0.15, -0.1) is 0 Å². The number of carbonyl (C=O) groups is 1. The summed E-state index contributed by atoms with van der Waals surface area (Å²) >= 11 is 18.3. The standard InChI is InChI=1S/C15H19Cl3N2O/c1-9(12-3-4-13(16)15(18)14(12)17)19-11-5-7-20(8-6-11)10(2)21/h3-4,9,11,19H,5-8H2,1-2H3. The van der Waals surface area contributed by atoms with E-state index in [4.69, 9.17) is 34.8 Å². The van der Waals surface area contributed by atoms with Crippen molar-refractivity contribution in [1.29, 1.82) is 0 Å². The average molecular weight is 350 g/mol. The van der Waals surface area contributed by atoms with Gasteiger partial charge in [-0.05, 0) is 31.4 Å². The van der Waals surface area contributed by atoms with Gasteiger partial charge < -0.3 is 10.2 Å². The topological polar surface area (TPSA) is 32.3 Å². The van der Waals surface area contributed by atoms with E-state index in [1.54, 1.807) is 13.0 Å². The lowest BCUT2D eigenvalue weighted by Crippen LogP contribution is -2.44. The van der Waals surface area contributed by atoms with Gasteiger partial charge in [-0.2, -0.15) is 0 Å². The van der Waals surface area contributed by atoms with E-state index < -0.39 is 0 Å². The molecule has 21 heavy (non-hydrogen) atoms. The van der Waals surface area contributed by atoms with Gasteiger partial charge >= 0.3 is 0 Å². The Morgan fingerprint density at radius 2 is 1.86 bits per heavy atom. The molecule has 1 N–H and O–H groups in total. The number of halogens is 3. The SMILES string of the molecule is CC(=O)N1CCC(NC(C)c2ccc(Cl)c(Cl)c2Cl)CC1. The van der Waals surface area contributed by atoms with Crippen molar-refractivity contribution in [3.8, 4) is 0 Å². The van der Waals surface area contributed by atoms with Crippen LogP contribution in [0.2, 0.25) is 15.1 Å². The van der Waals surface area contributed by atoms with Gasteiger partial charge in [0.1, 0.15) is 0 Å². The van der Waals surface area contributed by atoms with Crippen molar-refractivity contribution in [2.45, 2.75) is 38.8 Å². The molecule has 2 rings (SSSR count). The molecule has 1 heterocycles. The van der Waals surface area contributed by atoms with Gasteiger partial charge in [-0.3, -0.25) is 4.79 Å². The average Bonchev–Trinajstić information content (AvgIpc) is 2.45. The van der Waals surface area contributed by atoms with Gasteiger partial charge in [0.05, 0.1) is 15.1 Å². The molecule has 1 aliphatic rings. The molecule has 1 unspecified atom stereocenters. The minimum absolute atomic E-state index is 0.0844. The van der Waals surface area contributed by atoms with Gasteiger partial charge in [0, 0.05) is 32.1 Å². The first-order valence-electron chi connectivity index (χ1n) is 7.05. The van der Waals surface area contributed by atoms with Crippen LogP contribution < -0.4 is 5.32 Å². The van der Waals surface area contributed by atoms with E-state index in [2.05, 4.69) is 12.2 Å². The highest BCUT2D eigenvalue weighted by Crippen LogP contribution is 2.35. The van der Waals surface area contributed by atoms with Crippen LogP contribution in [0.4, 0.5) is 0 Å². The Morgan fingerprint density at radius 1 is 1.24 bits per heavy atom. The number of nitrogens with zero attached hydrogens (tertiary/aromatic N) is 1. The molecule has 1 amide bonds. The lowest BCUT2D eigenvalue weighted by molar-refractivity contribution is -0.129. The molecular formula is C15H19Cl3N2O. The van der Waals surface area contributed by atoms with Crippen molar-refractivity contribution in [1.82, 2.24) is 10.2 Å². The Hall–Kier alpha value is -0.480. The van der Waals surface area contributed by atoms with Gasteiger partial charge in [-0.25, -0.2) is 0 Å². The minimum atomic E-state index is 0.0844. The smallest absolute Gasteiger partial charge is 0.219 e. The summed E-state index contributed by atoms with van der Waals surface area (Å²) in [5.41, 5.74) is 0.945. The number of piperidine rings is 1. The molecule has 3 nitrogen and oxygen atoms in total. The summed E-state index contributed by atoms with van der Waals surface area (Å²) in [7, 11) is 0. The third-order valence-electron chi connectivity index (χ3n) is 3.96. The second-order valence-corrected chi connectivity index (χ2v) is 6.60. The molecule has 1 fully saturated rings. The summed E-state index contributed by atoms with van der Waals surface area (Å²) in [5, 5.41) is 4.93. The number of hydrogen-bond donors (Lipinski definition) is 1. The maximum absolute atomic E-state index is 11.3. The first kappa shape index (κ1) is 16.9. The summed E-state index contributed by atoms with van der Waals surface area (Å²) in [5.74, 6) is 0.147. The Bertz CT molecular complexity index is 528. The zero-order valence-electron chi connectivity index (χ0n) is 12.1. The number of hydrogen-bond acceptors (Lipinski definition) is 2. The number of rotatable bonds is 3. The first-order chi connectivity index (χ1) is 9.90. The number of benzene rings is 1. The van der Waals surface area contributed by atoms with Crippen molar-refractivity contribution >= 4 is 40.7 Å². The normalized spacial score (nSPS) is 17.9. The van der Waals surface area contributed by atoms with Crippen molar-refractivity contribution in [3.05, 3.63) is 32.8 Å². The van der Waals surface area contributed by atoms with E-state index in [0.29, 0.717) is 21.1 Å². The molecule has 1 atom stereocenters. The predicted molar refractivity (Wildman–Crippen MR) is 88.3 cm³/mol. The molecule has 0 spiro atoms. The lowest BCUT2D eigenvalue weighted by atomic mass is 10.0. The molecule has 6 heteroatoms. The van der Waals surface area contributed by atoms with Crippen LogP contribution in [-0.4, -0.2) is 29.9 Å². The number of likely N-dealkylation sites (tertiary alicyclic amines) is 1. The molecule has 1 saturated heterocycles. The molecule has 0 aromatic heterocycles. The Morgan fingerprint density at radius 3 is 2.43 bits per heavy atom. The summed E-state index contributed by atoms with van der Waals surface area (Å²) in [6.07, 6.45) is 1.89. The second-order valence-electron chi connectivity index (χ2n) is 5.43. The van der Waals surface area contributed by atoms with Crippen LogP contribution in [0.15, 0.2) is 12.1 Å². The zero-order valence-corrected chi connectivity index (χ0v) is 14.4. The van der Waals surface area contributed by atoms with Gasteiger partial charge in [0.15, 0.2) is 0 Å². The van der Waals surface area contributed by atoms with E-state index in [0.717, 1.165) is 31.5 Å². The number of amides is 1. The minimum Gasteiger partial charge on any atom is -0.343 e. The Kier molecular flexibility index (Phi) is 5.78. The van der Waals surface area contributed by atoms with E-state index in [1.807, 2.05) is 11.0 Å². The fraction of sp³-hybridized carbons (Fsp3) is 0.533. The van der Waals surface area contributed by atoms with Crippen LogP contribution in [0.25, 0.3) is 0 Å². The monoisotopic (exact) mass is 348 g/mol. The van der Waals surface area contributed by atoms with Crippen LogP contribution in [-0.2, 0) is 4.79 Å². The summed E-state index contributed by atoms with van der Waals surface area (Å²) in [6.45, 7) is 5.28. The largest absolute Gasteiger partial charge is 0.343 e. The van der Waals surface area contributed by atoms with Crippen LogP contribution in [0.1, 0.15) is 38.3 Å². The second kappa shape index (κ2) is 7.19. The van der Waals surface area contributed by atoms with E-state index in [-0.39, 0.29) is 11.9 Å².